The van der Waals surface area contributed by atoms with E-state index in [1.807, 2.05) is 25.1 Å². The molecule has 0 aromatic heterocycles. The average molecular weight is 283 g/mol. The molecule has 0 amide bonds. The number of nitrogens with one attached hydrogen (secondary N) is 1. The molecule has 0 radical (unpaired) electrons. The maximum absolute atomic E-state index is 11.8. The summed E-state index contributed by atoms with van der Waals surface area (Å²) < 4.78 is 5.13. The van der Waals surface area contributed by atoms with Crippen LogP contribution in [0, 0.1) is 5.92 Å². The Bertz CT molecular complexity index is 436. The fourth-order valence-electron chi connectivity index (χ4n) is 2.68. The molecule has 1 aliphatic rings. The van der Waals surface area contributed by atoms with E-state index in [0.29, 0.717) is 6.61 Å². The predicted octanol–water partition coefficient (Wildman–Crippen LogP) is 1.70. The van der Waals surface area contributed by atoms with Crippen LogP contribution in [0.4, 0.5) is 0 Å². The van der Waals surface area contributed by atoms with E-state index >= 15 is 0 Å². The molecule has 19 heavy (non-hydrogen) atoms. The van der Waals surface area contributed by atoms with Gasteiger partial charge in [0.25, 0.3) is 0 Å². The molecule has 2 rings (SSSR count). The van der Waals surface area contributed by atoms with Crippen LogP contribution in [0.2, 0.25) is 5.02 Å². The lowest BCUT2D eigenvalue weighted by atomic mass is 9.98. The highest BCUT2D eigenvalue weighted by atomic mass is 35.5. The van der Waals surface area contributed by atoms with Crippen LogP contribution in [0.3, 0.4) is 0 Å². The third-order valence-electron chi connectivity index (χ3n) is 3.64. The first-order chi connectivity index (χ1) is 9.20. The van der Waals surface area contributed by atoms with Gasteiger partial charge in [0.15, 0.2) is 0 Å². The molecule has 1 fully saturated rings. The van der Waals surface area contributed by atoms with Crippen LogP contribution >= 0.6 is 11.6 Å². The quantitative estimate of drug-likeness (QED) is 0.852. The molecule has 104 valence electrons. The zero-order valence-electron chi connectivity index (χ0n) is 11.3. The molecule has 0 spiro atoms. The van der Waals surface area contributed by atoms with Gasteiger partial charge in [0.2, 0.25) is 0 Å². The molecule has 0 saturated carbocycles. The maximum atomic E-state index is 11.8. The first-order valence-electron chi connectivity index (χ1n) is 6.94. The molecule has 1 N–H and O–H groups in total. The lowest BCUT2D eigenvalue weighted by molar-refractivity contribution is -0.921. The minimum absolute atomic E-state index is 0.0427. The first kappa shape index (κ1) is 14.4. The predicted molar refractivity (Wildman–Crippen MR) is 75.2 cm³/mol. The van der Waals surface area contributed by atoms with Gasteiger partial charge in [-0.25, -0.2) is 0 Å². The van der Waals surface area contributed by atoms with E-state index in [9.17, 15) is 4.79 Å². The van der Waals surface area contributed by atoms with E-state index in [2.05, 4.69) is 6.07 Å². The van der Waals surface area contributed by atoms with Gasteiger partial charge in [-0.2, -0.15) is 0 Å². The number of hydrogen-bond donors (Lipinski definition) is 1. The summed E-state index contributed by atoms with van der Waals surface area (Å²) in [6.07, 6.45) is 2.02. The van der Waals surface area contributed by atoms with Gasteiger partial charge in [-0.15, -0.1) is 0 Å². The molecule has 4 heteroatoms. The van der Waals surface area contributed by atoms with Crippen molar-refractivity contribution < 1.29 is 14.4 Å². The molecule has 1 aliphatic heterocycles. The van der Waals surface area contributed by atoms with Crippen molar-refractivity contribution in [2.75, 3.05) is 19.7 Å². The standard InChI is InChI=1S/C15H20ClNO2/c1-2-19-15(18)13-7-5-9-17(11-13)10-12-6-3-4-8-14(12)16/h3-4,6,8,13H,2,5,7,9-11H2,1H3/p+1/t13-/m0/s1. The number of esters is 1. The van der Waals surface area contributed by atoms with Crippen molar-refractivity contribution in [1.29, 1.82) is 0 Å². The lowest BCUT2D eigenvalue weighted by Crippen LogP contribution is -3.12. The van der Waals surface area contributed by atoms with Crippen LogP contribution in [0.5, 0.6) is 0 Å². The highest BCUT2D eigenvalue weighted by Gasteiger charge is 2.29. The second-order valence-corrected chi connectivity index (χ2v) is 5.47. The largest absolute Gasteiger partial charge is 0.466 e. The Morgan fingerprint density at radius 1 is 1.47 bits per heavy atom. The fourth-order valence-corrected chi connectivity index (χ4v) is 2.89. The third-order valence-corrected chi connectivity index (χ3v) is 4.00. The summed E-state index contributed by atoms with van der Waals surface area (Å²) in [6.45, 7) is 5.16. The summed E-state index contributed by atoms with van der Waals surface area (Å²) >= 11 is 6.19. The van der Waals surface area contributed by atoms with E-state index in [-0.39, 0.29) is 11.9 Å². The van der Waals surface area contributed by atoms with Crippen LogP contribution < -0.4 is 4.90 Å². The van der Waals surface area contributed by atoms with E-state index in [1.165, 1.54) is 4.90 Å². The van der Waals surface area contributed by atoms with Crippen molar-refractivity contribution in [2.45, 2.75) is 26.3 Å². The fraction of sp³-hybridized carbons (Fsp3) is 0.533. The van der Waals surface area contributed by atoms with Gasteiger partial charge in [-0.1, -0.05) is 29.8 Å². The monoisotopic (exact) mass is 282 g/mol. The number of hydrogen-bond acceptors (Lipinski definition) is 2. The highest BCUT2D eigenvalue weighted by molar-refractivity contribution is 6.31. The van der Waals surface area contributed by atoms with Crippen molar-refractivity contribution >= 4 is 17.6 Å². The Morgan fingerprint density at radius 3 is 3.00 bits per heavy atom. The second-order valence-electron chi connectivity index (χ2n) is 5.06. The molecule has 0 bridgehead atoms. The number of quaternary nitrogens is 1. The highest BCUT2D eigenvalue weighted by Crippen LogP contribution is 2.15. The Kier molecular flexibility index (Phi) is 5.23. The SMILES string of the molecule is CCOC(=O)[C@H]1CCC[NH+](Cc2ccccc2Cl)C1. The van der Waals surface area contributed by atoms with Gasteiger partial charge in [-0.3, -0.25) is 4.79 Å². The number of piperidine rings is 1. The Hall–Kier alpha value is -1.06. The van der Waals surface area contributed by atoms with Crippen molar-refractivity contribution in [3.8, 4) is 0 Å². The normalized spacial score (nSPS) is 23.1. The number of halogens is 1. The van der Waals surface area contributed by atoms with Gasteiger partial charge in [-0.05, 0) is 25.8 Å². The summed E-state index contributed by atoms with van der Waals surface area (Å²) in [4.78, 5) is 13.2. The van der Waals surface area contributed by atoms with Crippen molar-refractivity contribution in [3.05, 3.63) is 34.9 Å². The van der Waals surface area contributed by atoms with Crippen molar-refractivity contribution in [1.82, 2.24) is 0 Å². The van der Waals surface area contributed by atoms with Crippen LogP contribution in [-0.2, 0) is 16.1 Å². The van der Waals surface area contributed by atoms with E-state index < -0.39 is 0 Å². The summed E-state index contributed by atoms with van der Waals surface area (Å²) in [6, 6.07) is 7.93. The summed E-state index contributed by atoms with van der Waals surface area (Å²) in [5, 5.41) is 0.813. The van der Waals surface area contributed by atoms with E-state index in [4.69, 9.17) is 16.3 Å². The lowest BCUT2D eigenvalue weighted by Gasteiger charge is -2.28. The van der Waals surface area contributed by atoms with Crippen molar-refractivity contribution in [2.24, 2.45) is 5.92 Å². The Labute approximate surface area is 119 Å². The molecule has 1 heterocycles. The first-order valence-corrected chi connectivity index (χ1v) is 7.32. The molecular formula is C15H21ClNO2+. The van der Waals surface area contributed by atoms with Gasteiger partial charge in [0.1, 0.15) is 12.5 Å². The summed E-state index contributed by atoms with van der Waals surface area (Å²) in [5.74, 6) is 0.00467. The zero-order chi connectivity index (χ0) is 13.7. The summed E-state index contributed by atoms with van der Waals surface area (Å²) in [5.41, 5.74) is 1.16. The molecule has 3 nitrogen and oxygen atoms in total. The number of benzene rings is 1. The van der Waals surface area contributed by atoms with E-state index in [1.54, 1.807) is 0 Å². The van der Waals surface area contributed by atoms with Crippen LogP contribution in [0.15, 0.2) is 24.3 Å². The molecule has 1 aromatic carbocycles. The summed E-state index contributed by atoms with van der Waals surface area (Å²) in [7, 11) is 0. The number of rotatable bonds is 4. The molecule has 1 aromatic rings. The molecule has 0 aliphatic carbocycles. The number of ether oxygens (including phenoxy) is 1. The average Bonchev–Trinajstić information content (AvgIpc) is 2.42. The van der Waals surface area contributed by atoms with Crippen molar-refractivity contribution in [3.63, 3.8) is 0 Å². The number of carbonyl (C=O) groups is 1. The van der Waals surface area contributed by atoms with Crippen LogP contribution in [0.1, 0.15) is 25.3 Å². The van der Waals surface area contributed by atoms with Gasteiger partial charge >= 0.3 is 5.97 Å². The number of carbonyl (C=O) groups excluding carboxylic acids is 1. The minimum atomic E-state index is -0.0427. The molecule has 1 unspecified atom stereocenters. The van der Waals surface area contributed by atoms with Crippen LogP contribution in [-0.4, -0.2) is 25.7 Å². The smallest absolute Gasteiger partial charge is 0.314 e. The van der Waals surface area contributed by atoms with Gasteiger partial charge in [0.05, 0.1) is 19.7 Å². The molecular weight excluding hydrogens is 262 g/mol. The maximum Gasteiger partial charge on any atom is 0.314 e. The van der Waals surface area contributed by atoms with Gasteiger partial charge in [0, 0.05) is 10.6 Å². The Balaban J connectivity index is 1.94. The topological polar surface area (TPSA) is 30.7 Å². The minimum Gasteiger partial charge on any atom is -0.466 e. The molecule has 2 atom stereocenters. The third kappa shape index (κ3) is 3.95. The zero-order valence-corrected chi connectivity index (χ0v) is 12.1. The molecule has 1 saturated heterocycles. The Morgan fingerprint density at radius 2 is 2.26 bits per heavy atom. The van der Waals surface area contributed by atoms with Gasteiger partial charge < -0.3 is 9.64 Å². The van der Waals surface area contributed by atoms with E-state index in [0.717, 1.165) is 43.1 Å². The second kappa shape index (κ2) is 6.92. The number of likely N-dealkylation sites (tertiary alicyclic amines) is 1. The van der Waals surface area contributed by atoms with Crippen LogP contribution in [0.25, 0.3) is 0 Å².